The number of thiazole rings is 1. The van der Waals surface area contributed by atoms with E-state index in [9.17, 15) is 52.7 Å². The number of rotatable bonds is 7. The lowest BCUT2D eigenvalue weighted by Crippen LogP contribution is -2.81. The van der Waals surface area contributed by atoms with Gasteiger partial charge in [-0.1, -0.05) is 60.4 Å². The molecule has 336 valence electrons. The summed E-state index contributed by atoms with van der Waals surface area (Å²) in [6.45, 7) is 4.62. The van der Waals surface area contributed by atoms with E-state index in [-0.39, 0.29) is 0 Å². The zero-order chi connectivity index (χ0) is 48.3. The predicted octanol–water partition coefficient (Wildman–Crippen LogP) is 9.62. The summed E-state index contributed by atoms with van der Waals surface area (Å²) in [5, 5.41) is 10.1. The Morgan fingerprint density at radius 2 is 0.708 bits per heavy atom. The Bertz CT molecular complexity index is 2790. The largest absolute Gasteiger partial charge is 0.280 e. The molecule has 0 unspecified atom stereocenters. The molecule has 7 aromatic rings. The van der Waals surface area contributed by atoms with E-state index in [0.29, 0.717) is 5.57 Å². The summed E-state index contributed by atoms with van der Waals surface area (Å²) in [5.74, 6) is -71.4. The molecule has 0 spiro atoms. The number of allylic oxidation sites excluding steroid dienone is 1. The van der Waals surface area contributed by atoms with Gasteiger partial charge in [0, 0.05) is 11.6 Å². The van der Waals surface area contributed by atoms with Gasteiger partial charge in [0.2, 0.25) is 5.52 Å². The Kier molecular flexibility index (Phi) is 12.9. The molecular weight excluding hydrogens is 943 g/mol. The minimum atomic E-state index is -7.22. The molecule has 0 N–H and O–H groups in total. The van der Waals surface area contributed by atoms with Crippen molar-refractivity contribution in [3.8, 4) is 6.07 Å². The molecule has 0 atom stereocenters. The molecule has 1 heterocycles. The van der Waals surface area contributed by atoms with Gasteiger partial charge in [-0.15, -0.1) is 21.9 Å². The van der Waals surface area contributed by atoms with Crippen LogP contribution in [0.4, 0.5) is 87.8 Å². The Morgan fingerprint density at radius 1 is 0.431 bits per heavy atom. The average molecular weight is 956 g/mol. The summed E-state index contributed by atoms with van der Waals surface area (Å²) >= 11 is 1.62. The summed E-state index contributed by atoms with van der Waals surface area (Å²) in [7, 11) is 0. The minimum Gasteiger partial charge on any atom is -0.207 e. The van der Waals surface area contributed by atoms with Gasteiger partial charge in [-0.2, -0.15) is 9.83 Å². The molecule has 0 aliphatic heterocycles. The first-order valence-corrected chi connectivity index (χ1v) is 18.1. The van der Waals surface area contributed by atoms with Crippen LogP contribution in [0, 0.1) is 128 Å². The standard InChI is InChI=1S/C24BF20.C17H13N2S/c26-5-1(6(27)14(35)21(42)13(5)34)25(2-7(28)15(36)22(43)16(37)8(2)29,3-9(30)17(38)23(44)18(39)10(3)31)4-11(32)19(40)24(45)20(41)12(4)33;1-13(11-18)17-19(12-14-7-3-2-4-8-14)15-9-5-6-10-16(15)20-17/h;2-10H,1,12H2/q-1;+1. The molecule has 0 aliphatic rings. The summed E-state index contributed by atoms with van der Waals surface area (Å²) in [4.78, 5) is 0. The zero-order valence-corrected chi connectivity index (χ0v) is 31.9. The van der Waals surface area contributed by atoms with Gasteiger partial charge in [0.1, 0.15) is 69.0 Å². The van der Waals surface area contributed by atoms with Crippen molar-refractivity contribution in [2.45, 2.75) is 6.54 Å². The predicted molar refractivity (Wildman–Crippen MR) is 191 cm³/mol. The van der Waals surface area contributed by atoms with Gasteiger partial charge in [0.25, 0.3) is 5.01 Å². The van der Waals surface area contributed by atoms with E-state index in [1.807, 2.05) is 30.3 Å². The summed E-state index contributed by atoms with van der Waals surface area (Å²) in [6, 6.07) is 20.6. The third kappa shape index (κ3) is 7.30. The van der Waals surface area contributed by atoms with E-state index < -0.39 is 144 Å². The Hall–Kier alpha value is -6.90. The maximum Gasteiger partial charge on any atom is 0.280 e. The fraction of sp³-hybridized carbons (Fsp3) is 0.0244. The van der Waals surface area contributed by atoms with E-state index in [4.69, 9.17) is 5.26 Å². The fourth-order valence-electron chi connectivity index (χ4n) is 7.10. The first-order chi connectivity index (χ1) is 30.5. The highest BCUT2D eigenvalue weighted by Gasteiger charge is 2.52. The quantitative estimate of drug-likeness (QED) is 0.0391. The number of aromatic nitrogens is 1. The first-order valence-electron chi connectivity index (χ1n) is 17.3. The van der Waals surface area contributed by atoms with Crippen LogP contribution in [0.5, 0.6) is 0 Å². The number of nitriles is 1. The molecule has 7 rings (SSSR count). The molecule has 24 heteroatoms. The number of hydrogen-bond donors (Lipinski definition) is 0. The van der Waals surface area contributed by atoms with Gasteiger partial charge in [0.15, 0.2) is 76.4 Å². The van der Waals surface area contributed by atoms with Gasteiger partial charge in [-0.25, -0.2) is 87.8 Å². The summed E-state index contributed by atoms with van der Waals surface area (Å²) < 4.78 is 297. The van der Waals surface area contributed by atoms with Crippen LogP contribution in [0.25, 0.3) is 15.8 Å². The van der Waals surface area contributed by atoms with E-state index in [1.54, 1.807) is 11.3 Å². The van der Waals surface area contributed by atoms with Crippen molar-refractivity contribution in [2.24, 2.45) is 0 Å². The Labute approximate surface area is 353 Å². The number of nitrogens with zero attached hydrogens (tertiary/aromatic N) is 2. The minimum absolute atomic E-state index is 0.516. The van der Waals surface area contributed by atoms with Crippen LogP contribution in [-0.2, 0) is 6.54 Å². The SMILES string of the molecule is C=C(C#N)c1sc2ccccc2[n+]1Cc1ccccc1.Fc1c(F)c(F)c([B-](c2c(F)c(F)c(F)c(F)c2F)(c2c(F)c(F)c(F)c(F)c2F)c2c(F)c(F)c(F)c(F)c2F)c(F)c1F. The Morgan fingerprint density at radius 3 is 1.02 bits per heavy atom. The van der Waals surface area contributed by atoms with Crippen molar-refractivity contribution in [1.82, 2.24) is 0 Å². The smallest absolute Gasteiger partial charge is 0.207 e. The van der Waals surface area contributed by atoms with Crippen LogP contribution in [-0.4, -0.2) is 6.15 Å². The number of benzene rings is 6. The number of hydrogen-bond acceptors (Lipinski definition) is 2. The van der Waals surface area contributed by atoms with E-state index in [0.717, 1.165) is 17.1 Å². The highest BCUT2D eigenvalue weighted by atomic mass is 32.1. The van der Waals surface area contributed by atoms with E-state index >= 15 is 35.1 Å². The highest BCUT2D eigenvalue weighted by Crippen LogP contribution is 2.31. The number of fused-ring (bicyclic) bond motifs is 1. The van der Waals surface area contributed by atoms with Crippen molar-refractivity contribution in [1.29, 1.82) is 5.26 Å². The van der Waals surface area contributed by atoms with E-state index in [1.165, 1.54) is 10.3 Å². The van der Waals surface area contributed by atoms with Crippen molar-refractivity contribution < 1.29 is 92.4 Å². The molecule has 6 aromatic carbocycles. The van der Waals surface area contributed by atoms with Gasteiger partial charge in [0.05, 0.1) is 0 Å². The van der Waals surface area contributed by atoms with Gasteiger partial charge < -0.3 is 0 Å². The topological polar surface area (TPSA) is 27.7 Å². The Balaban J connectivity index is 0.000000289. The van der Waals surface area contributed by atoms with Crippen LogP contribution < -0.4 is 26.4 Å². The zero-order valence-electron chi connectivity index (χ0n) is 31.0. The highest BCUT2D eigenvalue weighted by molar-refractivity contribution is 7.20. The average Bonchev–Trinajstić information content (AvgIpc) is 3.67. The third-order valence-electron chi connectivity index (χ3n) is 9.89. The summed E-state index contributed by atoms with van der Waals surface area (Å²) in [6.07, 6.45) is -7.22. The molecule has 0 radical (unpaired) electrons. The van der Waals surface area contributed by atoms with E-state index in [2.05, 4.69) is 41.5 Å². The van der Waals surface area contributed by atoms with Crippen LogP contribution in [0.1, 0.15) is 10.6 Å². The maximum absolute atomic E-state index is 15.4. The number of para-hydroxylation sites is 1. The van der Waals surface area contributed by atoms with Gasteiger partial charge >= 0.3 is 0 Å². The van der Waals surface area contributed by atoms with Crippen LogP contribution in [0.15, 0.2) is 61.2 Å². The van der Waals surface area contributed by atoms with Crippen molar-refractivity contribution in [2.75, 3.05) is 0 Å². The molecule has 1 aromatic heterocycles. The van der Waals surface area contributed by atoms with Crippen LogP contribution >= 0.6 is 11.3 Å². The second kappa shape index (κ2) is 17.6. The molecule has 2 nitrogen and oxygen atoms in total. The van der Waals surface area contributed by atoms with Crippen LogP contribution in [0.3, 0.4) is 0 Å². The molecule has 0 bridgehead atoms. The van der Waals surface area contributed by atoms with Crippen molar-refractivity contribution in [3.63, 3.8) is 0 Å². The lowest BCUT2D eigenvalue weighted by molar-refractivity contribution is -0.660. The monoisotopic (exact) mass is 956 g/mol. The van der Waals surface area contributed by atoms with Gasteiger partial charge in [-0.05, 0) is 6.07 Å². The van der Waals surface area contributed by atoms with Gasteiger partial charge in [-0.3, -0.25) is 0 Å². The molecule has 0 aliphatic carbocycles. The molecule has 0 amide bonds. The first kappa shape index (κ1) is 47.6. The molecule has 0 saturated heterocycles. The molecule has 65 heavy (non-hydrogen) atoms. The second-order valence-corrected chi connectivity index (χ2v) is 14.4. The van der Waals surface area contributed by atoms with Crippen LogP contribution in [0.2, 0.25) is 0 Å². The second-order valence-electron chi connectivity index (χ2n) is 13.3. The molecule has 0 saturated carbocycles. The van der Waals surface area contributed by atoms with Crippen molar-refractivity contribution in [3.05, 3.63) is 188 Å². The molecule has 0 fully saturated rings. The fourth-order valence-corrected chi connectivity index (χ4v) is 8.18. The summed E-state index contributed by atoms with van der Waals surface area (Å²) in [5.41, 5.74) is -11.5. The third-order valence-corrected chi connectivity index (χ3v) is 11.1. The van der Waals surface area contributed by atoms with Crippen molar-refractivity contribution >= 4 is 55.1 Å². The lowest BCUT2D eigenvalue weighted by atomic mass is 9.12. The lowest BCUT2D eigenvalue weighted by Gasteiger charge is -2.44. The maximum atomic E-state index is 15.4. The number of halogens is 20. The normalized spacial score (nSPS) is 11.5. The molecular formula is C41H13BF20N2S.